The van der Waals surface area contributed by atoms with Gasteiger partial charge in [0.05, 0.1) is 18.3 Å². The van der Waals surface area contributed by atoms with E-state index >= 15 is 0 Å². The largest absolute Gasteiger partial charge is 0.497 e. The molecule has 0 aliphatic heterocycles. The second kappa shape index (κ2) is 9.48. The first-order chi connectivity index (χ1) is 11.7. The van der Waals surface area contributed by atoms with Crippen molar-refractivity contribution < 1.29 is 4.74 Å². The molecule has 1 aromatic heterocycles. The van der Waals surface area contributed by atoms with Crippen LogP contribution < -0.4 is 10.1 Å². The minimum absolute atomic E-state index is 0.624. The van der Waals surface area contributed by atoms with Crippen LogP contribution >= 0.6 is 0 Å². The van der Waals surface area contributed by atoms with Crippen molar-refractivity contribution in [1.82, 2.24) is 9.88 Å². The van der Waals surface area contributed by atoms with Gasteiger partial charge in [0.2, 0.25) is 0 Å². The van der Waals surface area contributed by atoms with Crippen molar-refractivity contribution in [3.63, 3.8) is 0 Å². The van der Waals surface area contributed by atoms with Crippen LogP contribution in [0.3, 0.4) is 0 Å². The molecule has 0 saturated carbocycles. The highest BCUT2D eigenvalue weighted by Crippen LogP contribution is 2.27. The van der Waals surface area contributed by atoms with Crippen molar-refractivity contribution in [2.75, 3.05) is 32.1 Å². The average Bonchev–Trinajstić information content (AvgIpc) is 2.63. The van der Waals surface area contributed by atoms with Crippen LogP contribution in [0.5, 0.6) is 5.75 Å². The van der Waals surface area contributed by atoms with Gasteiger partial charge in [0, 0.05) is 36.8 Å². The summed E-state index contributed by atoms with van der Waals surface area (Å²) >= 11 is 0. The second-order valence-electron chi connectivity index (χ2n) is 6.32. The summed E-state index contributed by atoms with van der Waals surface area (Å²) in [6.07, 6.45) is 5.53. The molecular weight excluding hydrogens is 298 g/mol. The fourth-order valence-corrected chi connectivity index (χ4v) is 2.92. The molecule has 0 bridgehead atoms. The predicted molar refractivity (Wildman–Crippen MR) is 103 cm³/mol. The molecule has 2 rings (SSSR count). The summed E-state index contributed by atoms with van der Waals surface area (Å²) in [5.74, 6) is 0.864. The van der Waals surface area contributed by atoms with Crippen molar-refractivity contribution in [1.29, 1.82) is 0 Å². The fraction of sp³-hybridized carbons (Fsp3) is 0.550. The minimum Gasteiger partial charge on any atom is -0.497 e. The Morgan fingerprint density at radius 2 is 2.08 bits per heavy atom. The van der Waals surface area contributed by atoms with Gasteiger partial charge < -0.3 is 10.1 Å². The van der Waals surface area contributed by atoms with Gasteiger partial charge >= 0.3 is 0 Å². The first kappa shape index (κ1) is 18.5. The molecule has 24 heavy (non-hydrogen) atoms. The monoisotopic (exact) mass is 329 g/mol. The Labute approximate surface area is 146 Å². The maximum atomic E-state index is 5.42. The van der Waals surface area contributed by atoms with Crippen LogP contribution in [0.15, 0.2) is 30.5 Å². The summed E-state index contributed by atoms with van der Waals surface area (Å²) in [5, 5.41) is 4.67. The van der Waals surface area contributed by atoms with E-state index in [1.807, 2.05) is 24.4 Å². The van der Waals surface area contributed by atoms with Gasteiger partial charge in [-0.2, -0.15) is 0 Å². The molecule has 0 saturated heterocycles. The molecule has 2 aromatic rings. The van der Waals surface area contributed by atoms with Gasteiger partial charge in [-0.05, 0) is 38.4 Å². The number of pyridine rings is 1. The van der Waals surface area contributed by atoms with E-state index in [9.17, 15) is 0 Å². The number of hydrogen-bond donors (Lipinski definition) is 1. The number of fused-ring (bicyclic) bond motifs is 1. The Kier molecular flexibility index (Phi) is 7.32. The standard InChI is InChI=1S/C20H31N3O/c1-5-7-12-23(16(3)6-2)13-11-21-19-15-18(24-4)14-17-9-8-10-22-20(17)19/h8-10,14-16,21H,5-7,11-13H2,1-4H3/t16-/m1/s1. The van der Waals surface area contributed by atoms with Crippen molar-refractivity contribution >= 4 is 16.6 Å². The number of nitrogens with zero attached hydrogens (tertiary/aromatic N) is 2. The lowest BCUT2D eigenvalue weighted by Crippen LogP contribution is -2.37. The predicted octanol–water partition coefficient (Wildman–Crippen LogP) is 4.56. The molecule has 1 atom stereocenters. The number of anilines is 1. The van der Waals surface area contributed by atoms with Gasteiger partial charge in [0.1, 0.15) is 5.75 Å². The van der Waals surface area contributed by atoms with Gasteiger partial charge in [-0.1, -0.05) is 26.3 Å². The number of unbranched alkanes of at least 4 members (excludes halogenated alkanes) is 1. The minimum atomic E-state index is 0.624. The number of hydrogen-bond acceptors (Lipinski definition) is 4. The lowest BCUT2D eigenvalue weighted by molar-refractivity contribution is 0.208. The van der Waals surface area contributed by atoms with Crippen LogP contribution in [0.25, 0.3) is 10.9 Å². The Morgan fingerprint density at radius 3 is 2.79 bits per heavy atom. The molecular formula is C20H31N3O. The molecule has 1 N–H and O–H groups in total. The van der Waals surface area contributed by atoms with Crippen LogP contribution in [-0.2, 0) is 0 Å². The van der Waals surface area contributed by atoms with Crippen LogP contribution in [0.4, 0.5) is 5.69 Å². The molecule has 0 aliphatic carbocycles. The Morgan fingerprint density at radius 1 is 1.25 bits per heavy atom. The summed E-state index contributed by atoms with van der Waals surface area (Å²) in [7, 11) is 1.71. The molecule has 0 amide bonds. The molecule has 4 nitrogen and oxygen atoms in total. The van der Waals surface area contributed by atoms with Crippen molar-refractivity contribution in [2.24, 2.45) is 0 Å². The fourth-order valence-electron chi connectivity index (χ4n) is 2.92. The van der Waals surface area contributed by atoms with E-state index in [0.717, 1.165) is 35.4 Å². The third kappa shape index (κ3) is 4.84. The average molecular weight is 329 g/mol. The van der Waals surface area contributed by atoms with Crippen molar-refractivity contribution in [3.8, 4) is 5.75 Å². The van der Waals surface area contributed by atoms with Gasteiger partial charge in [-0.15, -0.1) is 0 Å². The third-order valence-corrected chi connectivity index (χ3v) is 4.64. The summed E-state index contributed by atoms with van der Waals surface area (Å²) < 4.78 is 5.42. The molecule has 4 heteroatoms. The first-order valence-corrected chi connectivity index (χ1v) is 9.10. The van der Waals surface area contributed by atoms with E-state index in [-0.39, 0.29) is 0 Å². The van der Waals surface area contributed by atoms with Crippen LogP contribution in [-0.4, -0.2) is 42.7 Å². The van der Waals surface area contributed by atoms with Gasteiger partial charge in [-0.3, -0.25) is 9.88 Å². The normalized spacial score (nSPS) is 12.5. The van der Waals surface area contributed by atoms with E-state index in [0.29, 0.717) is 6.04 Å². The van der Waals surface area contributed by atoms with Gasteiger partial charge in [-0.25, -0.2) is 0 Å². The molecule has 0 aliphatic rings. The number of methoxy groups -OCH3 is 1. The van der Waals surface area contributed by atoms with Gasteiger partial charge in [0.15, 0.2) is 0 Å². The highest BCUT2D eigenvalue weighted by molar-refractivity contribution is 5.91. The van der Waals surface area contributed by atoms with Crippen LogP contribution in [0.2, 0.25) is 0 Å². The Balaban J connectivity index is 2.06. The van der Waals surface area contributed by atoms with Crippen molar-refractivity contribution in [2.45, 2.75) is 46.1 Å². The third-order valence-electron chi connectivity index (χ3n) is 4.64. The van der Waals surface area contributed by atoms with Gasteiger partial charge in [0.25, 0.3) is 0 Å². The maximum absolute atomic E-state index is 5.42. The van der Waals surface area contributed by atoms with Crippen LogP contribution in [0, 0.1) is 0 Å². The molecule has 0 spiro atoms. The number of ether oxygens (including phenoxy) is 1. The number of rotatable bonds is 10. The lowest BCUT2D eigenvalue weighted by Gasteiger charge is -2.28. The molecule has 1 heterocycles. The SMILES string of the molecule is CCCCN(CCNc1cc(OC)cc2cccnc12)[C@H](C)CC. The number of nitrogens with one attached hydrogen (secondary N) is 1. The van der Waals surface area contributed by atoms with E-state index in [4.69, 9.17) is 4.74 Å². The highest BCUT2D eigenvalue weighted by Gasteiger charge is 2.12. The zero-order valence-corrected chi connectivity index (χ0v) is 15.5. The molecule has 0 radical (unpaired) electrons. The highest BCUT2D eigenvalue weighted by atomic mass is 16.5. The number of aromatic nitrogens is 1. The molecule has 132 valence electrons. The maximum Gasteiger partial charge on any atom is 0.121 e. The summed E-state index contributed by atoms with van der Waals surface area (Å²) in [6, 6.07) is 8.72. The molecule has 0 fully saturated rings. The topological polar surface area (TPSA) is 37.4 Å². The smallest absolute Gasteiger partial charge is 0.121 e. The Bertz CT molecular complexity index is 629. The summed E-state index contributed by atoms with van der Waals surface area (Å²) in [5.41, 5.74) is 2.05. The zero-order valence-electron chi connectivity index (χ0n) is 15.5. The first-order valence-electron chi connectivity index (χ1n) is 9.10. The number of benzene rings is 1. The molecule has 1 aromatic carbocycles. The Hall–Kier alpha value is -1.81. The quantitative estimate of drug-likeness (QED) is 0.693. The van der Waals surface area contributed by atoms with E-state index in [1.165, 1.54) is 25.8 Å². The second-order valence-corrected chi connectivity index (χ2v) is 6.32. The van der Waals surface area contributed by atoms with E-state index in [1.54, 1.807) is 7.11 Å². The summed E-state index contributed by atoms with van der Waals surface area (Å²) in [4.78, 5) is 7.10. The van der Waals surface area contributed by atoms with Crippen molar-refractivity contribution in [3.05, 3.63) is 30.5 Å². The van der Waals surface area contributed by atoms with E-state index in [2.05, 4.69) is 42.0 Å². The molecule has 0 unspecified atom stereocenters. The lowest BCUT2D eigenvalue weighted by atomic mass is 10.1. The van der Waals surface area contributed by atoms with Crippen LogP contribution in [0.1, 0.15) is 40.0 Å². The van der Waals surface area contributed by atoms with E-state index < -0.39 is 0 Å². The zero-order chi connectivity index (χ0) is 17.4. The summed E-state index contributed by atoms with van der Waals surface area (Å²) in [6.45, 7) is 9.95.